The molecule has 0 aliphatic rings. The van der Waals surface area contributed by atoms with E-state index < -0.39 is 0 Å². The van der Waals surface area contributed by atoms with E-state index in [1.54, 1.807) is 23.0 Å². The lowest BCUT2D eigenvalue weighted by molar-refractivity contribution is 0.573. The van der Waals surface area contributed by atoms with Gasteiger partial charge in [0.05, 0.1) is 29.4 Å². The van der Waals surface area contributed by atoms with Crippen molar-refractivity contribution in [2.45, 2.75) is 6.54 Å². The van der Waals surface area contributed by atoms with Crippen LogP contribution >= 0.6 is 28.1 Å². The lowest BCUT2D eigenvalue weighted by atomic mass is 10.1. The summed E-state index contributed by atoms with van der Waals surface area (Å²) in [5.74, 6) is 0.457. The van der Waals surface area contributed by atoms with Crippen molar-refractivity contribution in [3.8, 4) is 23.1 Å². The lowest BCUT2D eigenvalue weighted by Gasteiger charge is -2.02. The number of H-pyrrole nitrogens is 1. The molecule has 0 bridgehead atoms. The van der Waals surface area contributed by atoms with Crippen LogP contribution in [0.1, 0.15) is 11.1 Å². The summed E-state index contributed by atoms with van der Waals surface area (Å²) in [5.41, 5.74) is 3.21. The number of aromatic amines is 1. The number of nitrogens with one attached hydrogen (secondary N) is 1. The molecule has 0 unspecified atom stereocenters. The summed E-state index contributed by atoms with van der Waals surface area (Å²) >= 11 is 9.03. The Bertz CT molecular complexity index is 1200. The minimum atomic E-state index is 0.457. The van der Waals surface area contributed by atoms with Crippen molar-refractivity contribution in [2.24, 2.45) is 0 Å². The van der Waals surface area contributed by atoms with Crippen molar-refractivity contribution in [3.63, 3.8) is 0 Å². The molecule has 9 heteroatoms. The monoisotopic (exact) mass is 437 g/mol. The number of benzene rings is 2. The molecule has 4 aromatic rings. The van der Waals surface area contributed by atoms with E-state index in [0.717, 1.165) is 15.7 Å². The molecule has 27 heavy (non-hydrogen) atoms. The highest BCUT2D eigenvalue weighted by Gasteiger charge is 2.13. The zero-order valence-corrected chi connectivity index (χ0v) is 16.3. The quantitative estimate of drug-likeness (QED) is 0.489. The van der Waals surface area contributed by atoms with Crippen LogP contribution in [0.4, 0.5) is 0 Å². The smallest absolute Gasteiger partial charge is 0.209 e. The van der Waals surface area contributed by atoms with Gasteiger partial charge in [0.15, 0.2) is 0 Å². The molecule has 0 aliphatic carbocycles. The normalized spacial score (nSPS) is 10.7. The van der Waals surface area contributed by atoms with Gasteiger partial charge in [0.2, 0.25) is 5.82 Å². The summed E-state index contributed by atoms with van der Waals surface area (Å²) in [4.78, 5) is 1.50. The second kappa shape index (κ2) is 7.26. The van der Waals surface area contributed by atoms with Crippen LogP contribution < -0.4 is 0 Å². The van der Waals surface area contributed by atoms with Crippen LogP contribution in [0.15, 0.2) is 59.2 Å². The maximum absolute atomic E-state index is 8.87. The predicted molar refractivity (Wildman–Crippen MR) is 106 cm³/mol. The summed E-state index contributed by atoms with van der Waals surface area (Å²) < 4.78 is 3.33. The van der Waals surface area contributed by atoms with Crippen LogP contribution in [-0.2, 0) is 6.54 Å². The third-order valence-corrected chi connectivity index (χ3v) is 4.83. The lowest BCUT2D eigenvalue weighted by Crippen LogP contribution is -2.04. The third kappa shape index (κ3) is 3.58. The van der Waals surface area contributed by atoms with Gasteiger partial charge >= 0.3 is 0 Å². The molecule has 0 saturated heterocycles. The van der Waals surface area contributed by atoms with Gasteiger partial charge in [-0.3, -0.25) is 5.10 Å². The Labute approximate surface area is 168 Å². The molecule has 132 valence electrons. The van der Waals surface area contributed by atoms with E-state index in [4.69, 9.17) is 17.5 Å². The summed E-state index contributed by atoms with van der Waals surface area (Å²) in [6, 6.07) is 17.2. The molecule has 0 radical (unpaired) electrons. The van der Waals surface area contributed by atoms with E-state index in [1.807, 2.05) is 36.4 Å². The van der Waals surface area contributed by atoms with Crippen LogP contribution in [0.3, 0.4) is 0 Å². The number of hydrogen-bond acceptors (Lipinski definition) is 5. The fourth-order valence-corrected chi connectivity index (χ4v) is 3.30. The maximum Gasteiger partial charge on any atom is 0.209 e. The van der Waals surface area contributed by atoms with E-state index in [1.165, 1.54) is 4.80 Å². The summed E-state index contributed by atoms with van der Waals surface area (Å²) in [6.07, 6.45) is 1.77. The number of halogens is 1. The Hall–Kier alpha value is -3.09. The maximum atomic E-state index is 8.87. The molecule has 0 aliphatic heterocycles. The molecule has 0 atom stereocenters. The average Bonchev–Trinajstić information content (AvgIpc) is 3.28. The van der Waals surface area contributed by atoms with E-state index in [2.05, 4.69) is 42.5 Å². The molecule has 7 nitrogen and oxygen atoms in total. The second-order valence-electron chi connectivity index (χ2n) is 5.76. The fraction of sp³-hybridized carbons (Fsp3) is 0.0556. The van der Waals surface area contributed by atoms with Crippen molar-refractivity contribution in [3.05, 3.63) is 75.0 Å². The standard InChI is InChI=1S/C18H12BrN7S/c19-14-2-1-3-15(8-14)26-18(27)16(10-21-26)17-22-24-25(23-17)11-13-6-4-12(9-20)5-7-13/h1-8,10,21H,11H2. The number of hydrogen-bond donors (Lipinski definition) is 1. The highest BCUT2D eigenvalue weighted by Crippen LogP contribution is 2.20. The zero-order chi connectivity index (χ0) is 18.8. The van der Waals surface area contributed by atoms with E-state index in [-0.39, 0.29) is 0 Å². The predicted octanol–water partition coefficient (Wildman–Crippen LogP) is 3.87. The number of nitriles is 1. The van der Waals surface area contributed by atoms with Crippen LogP contribution in [0.25, 0.3) is 17.1 Å². The Morgan fingerprint density at radius 1 is 1.19 bits per heavy atom. The summed E-state index contributed by atoms with van der Waals surface area (Å²) in [5, 5.41) is 24.6. The Kier molecular flexibility index (Phi) is 4.66. The Morgan fingerprint density at radius 3 is 2.74 bits per heavy atom. The molecule has 4 rings (SSSR count). The Morgan fingerprint density at radius 2 is 2.00 bits per heavy atom. The van der Waals surface area contributed by atoms with Crippen molar-refractivity contribution in [1.82, 2.24) is 30.0 Å². The molecule has 0 amide bonds. The molecule has 0 spiro atoms. The largest absolute Gasteiger partial charge is 0.299 e. The molecular weight excluding hydrogens is 426 g/mol. The van der Waals surface area contributed by atoms with Crippen molar-refractivity contribution >= 4 is 28.1 Å². The van der Waals surface area contributed by atoms with Crippen molar-refractivity contribution in [2.75, 3.05) is 0 Å². The number of rotatable bonds is 4. The molecule has 2 aromatic heterocycles. The van der Waals surface area contributed by atoms with Gasteiger partial charge in [-0.25, -0.2) is 4.68 Å². The van der Waals surface area contributed by atoms with E-state index >= 15 is 0 Å². The summed E-state index contributed by atoms with van der Waals surface area (Å²) in [6.45, 7) is 0.460. The van der Waals surface area contributed by atoms with Crippen LogP contribution in [0.5, 0.6) is 0 Å². The fourth-order valence-electron chi connectivity index (χ4n) is 2.60. The van der Waals surface area contributed by atoms with Crippen molar-refractivity contribution in [1.29, 1.82) is 5.26 Å². The molecule has 1 N–H and O–H groups in total. The van der Waals surface area contributed by atoms with Gasteiger partial charge in [0.25, 0.3) is 0 Å². The molecule has 0 saturated carbocycles. The van der Waals surface area contributed by atoms with Gasteiger partial charge in [0, 0.05) is 10.7 Å². The van der Waals surface area contributed by atoms with Crippen LogP contribution in [-0.4, -0.2) is 30.0 Å². The van der Waals surface area contributed by atoms with E-state index in [9.17, 15) is 0 Å². The Balaban J connectivity index is 1.60. The minimum Gasteiger partial charge on any atom is -0.299 e. The zero-order valence-electron chi connectivity index (χ0n) is 13.9. The van der Waals surface area contributed by atoms with Gasteiger partial charge in [0.1, 0.15) is 4.64 Å². The molecule has 0 fully saturated rings. The van der Waals surface area contributed by atoms with Gasteiger partial charge in [-0.2, -0.15) is 10.1 Å². The van der Waals surface area contributed by atoms with Crippen LogP contribution in [0, 0.1) is 16.0 Å². The highest BCUT2D eigenvalue weighted by atomic mass is 79.9. The topological polar surface area (TPSA) is 88.1 Å². The third-order valence-electron chi connectivity index (χ3n) is 3.94. The first-order valence-corrected chi connectivity index (χ1v) is 9.18. The summed E-state index contributed by atoms with van der Waals surface area (Å²) in [7, 11) is 0. The minimum absolute atomic E-state index is 0.457. The number of aromatic nitrogens is 6. The first-order valence-electron chi connectivity index (χ1n) is 7.97. The van der Waals surface area contributed by atoms with Gasteiger partial charge in [-0.1, -0.05) is 46.3 Å². The van der Waals surface area contributed by atoms with Gasteiger partial charge in [-0.15, -0.1) is 10.2 Å². The first-order chi connectivity index (χ1) is 13.1. The number of tetrazole rings is 1. The highest BCUT2D eigenvalue weighted by molar-refractivity contribution is 9.10. The van der Waals surface area contributed by atoms with Crippen molar-refractivity contribution < 1.29 is 0 Å². The average molecular weight is 438 g/mol. The van der Waals surface area contributed by atoms with Crippen LogP contribution in [0.2, 0.25) is 0 Å². The first kappa shape index (κ1) is 17.3. The number of nitrogens with zero attached hydrogens (tertiary/aromatic N) is 6. The second-order valence-corrected chi connectivity index (χ2v) is 7.06. The molecule has 2 heterocycles. The van der Waals surface area contributed by atoms with Gasteiger partial charge < -0.3 is 0 Å². The van der Waals surface area contributed by atoms with E-state index in [0.29, 0.717) is 28.1 Å². The SMILES string of the molecule is N#Cc1ccc(Cn2nnc(-c3c[nH]n(-c4cccc(Br)c4)c3=S)n2)cc1. The molecule has 2 aromatic carbocycles. The molecular formula is C18H12BrN7S. The van der Waals surface area contributed by atoms with Gasteiger partial charge in [-0.05, 0) is 41.1 Å².